The number of amides is 2. The number of hydrogen-bond donors (Lipinski definition) is 3. The van der Waals surface area contributed by atoms with Crippen LogP contribution in [0.15, 0.2) is 36.7 Å². The molecule has 2 amide bonds. The van der Waals surface area contributed by atoms with E-state index in [2.05, 4.69) is 15.7 Å². The quantitative estimate of drug-likeness (QED) is 0.777. The van der Waals surface area contributed by atoms with Crippen LogP contribution in [-0.4, -0.2) is 32.7 Å². The fourth-order valence-corrected chi connectivity index (χ4v) is 1.82. The summed E-state index contributed by atoms with van der Waals surface area (Å²) in [5.74, 6) is -1.61. The first-order chi connectivity index (χ1) is 10.9. The maximum absolute atomic E-state index is 12.1. The third-order valence-electron chi connectivity index (χ3n) is 3.08. The van der Waals surface area contributed by atoms with E-state index in [4.69, 9.17) is 5.11 Å². The van der Waals surface area contributed by atoms with E-state index in [1.807, 2.05) is 0 Å². The normalized spacial score (nSPS) is 11.6. The molecule has 8 heteroatoms. The second kappa shape index (κ2) is 6.73. The molecule has 0 aliphatic heterocycles. The first kappa shape index (κ1) is 16.2. The lowest BCUT2D eigenvalue weighted by Gasteiger charge is -2.06. The molecule has 1 unspecified atom stereocenters. The Morgan fingerprint density at radius 3 is 2.22 bits per heavy atom. The Labute approximate surface area is 132 Å². The number of hydrogen-bond acceptors (Lipinski definition) is 4. The van der Waals surface area contributed by atoms with Gasteiger partial charge in [-0.1, -0.05) is 0 Å². The number of rotatable bonds is 5. The van der Waals surface area contributed by atoms with Crippen molar-refractivity contribution in [2.24, 2.45) is 0 Å². The molecule has 2 aromatic rings. The van der Waals surface area contributed by atoms with E-state index < -0.39 is 17.9 Å². The smallest absolute Gasteiger partial charge is 0.328 e. The van der Waals surface area contributed by atoms with Crippen molar-refractivity contribution in [2.75, 3.05) is 10.6 Å². The van der Waals surface area contributed by atoms with E-state index in [1.54, 1.807) is 24.3 Å². The molecule has 8 nitrogen and oxygen atoms in total. The number of benzene rings is 1. The molecule has 0 fully saturated rings. The van der Waals surface area contributed by atoms with Gasteiger partial charge in [0.15, 0.2) is 0 Å². The highest BCUT2D eigenvalue weighted by molar-refractivity contribution is 6.04. The Kier molecular flexibility index (Phi) is 4.75. The number of aromatic nitrogens is 2. The molecule has 0 radical (unpaired) electrons. The first-order valence-corrected chi connectivity index (χ1v) is 6.83. The lowest BCUT2D eigenvalue weighted by molar-refractivity contribution is -0.140. The van der Waals surface area contributed by atoms with Gasteiger partial charge in [0.2, 0.25) is 5.91 Å². The molecule has 1 atom stereocenters. The number of nitrogens with one attached hydrogen (secondary N) is 2. The number of anilines is 2. The Balaban J connectivity index is 2.04. The third kappa shape index (κ3) is 4.16. The summed E-state index contributed by atoms with van der Waals surface area (Å²) < 4.78 is 1.21. The average Bonchev–Trinajstić information content (AvgIpc) is 2.97. The van der Waals surface area contributed by atoms with Crippen LogP contribution in [0.1, 0.15) is 30.2 Å². The molecule has 0 aliphatic carbocycles. The van der Waals surface area contributed by atoms with Gasteiger partial charge in [-0.05, 0) is 31.2 Å². The number of carbonyl (C=O) groups excluding carboxylic acids is 2. The van der Waals surface area contributed by atoms with Crippen molar-refractivity contribution in [3.8, 4) is 0 Å². The maximum Gasteiger partial charge on any atom is 0.328 e. The van der Waals surface area contributed by atoms with Crippen molar-refractivity contribution in [2.45, 2.75) is 19.9 Å². The maximum atomic E-state index is 12.1. The van der Waals surface area contributed by atoms with Gasteiger partial charge in [0.1, 0.15) is 6.04 Å². The summed E-state index contributed by atoms with van der Waals surface area (Å²) in [5, 5.41) is 18.1. The predicted octanol–water partition coefficient (Wildman–Crippen LogP) is 1.74. The molecule has 0 aliphatic rings. The highest BCUT2D eigenvalue weighted by Crippen LogP contribution is 2.15. The lowest BCUT2D eigenvalue weighted by atomic mass is 10.2. The molecule has 3 N–H and O–H groups in total. The van der Waals surface area contributed by atoms with Gasteiger partial charge in [-0.2, -0.15) is 5.10 Å². The van der Waals surface area contributed by atoms with Crippen LogP contribution >= 0.6 is 0 Å². The number of carbonyl (C=O) groups is 3. The molecule has 1 heterocycles. The van der Waals surface area contributed by atoms with E-state index in [-0.39, 0.29) is 11.5 Å². The summed E-state index contributed by atoms with van der Waals surface area (Å²) in [5.41, 5.74) is 1.42. The van der Waals surface area contributed by atoms with Crippen LogP contribution in [0.25, 0.3) is 0 Å². The molecule has 0 spiro atoms. The summed E-state index contributed by atoms with van der Waals surface area (Å²) in [6.07, 6.45) is 2.68. The van der Waals surface area contributed by atoms with Gasteiger partial charge in [-0.3, -0.25) is 14.3 Å². The molecule has 0 bridgehead atoms. The molecule has 0 saturated heterocycles. The van der Waals surface area contributed by atoms with E-state index in [0.29, 0.717) is 11.4 Å². The van der Waals surface area contributed by atoms with Crippen molar-refractivity contribution < 1.29 is 19.5 Å². The largest absolute Gasteiger partial charge is 0.480 e. The van der Waals surface area contributed by atoms with Crippen LogP contribution in [0.5, 0.6) is 0 Å². The summed E-state index contributed by atoms with van der Waals surface area (Å²) in [4.78, 5) is 33.9. The van der Waals surface area contributed by atoms with Crippen molar-refractivity contribution >= 4 is 29.2 Å². The van der Waals surface area contributed by atoms with Crippen molar-refractivity contribution in [3.05, 3.63) is 42.2 Å². The second-order valence-corrected chi connectivity index (χ2v) is 4.94. The number of aliphatic carboxylic acids is 1. The molecule has 1 aromatic heterocycles. The van der Waals surface area contributed by atoms with E-state index >= 15 is 0 Å². The summed E-state index contributed by atoms with van der Waals surface area (Å²) >= 11 is 0. The van der Waals surface area contributed by atoms with Gasteiger partial charge >= 0.3 is 5.97 Å². The zero-order valence-electron chi connectivity index (χ0n) is 12.6. The highest BCUT2D eigenvalue weighted by atomic mass is 16.4. The number of carboxylic acids is 1. The van der Waals surface area contributed by atoms with Crippen molar-refractivity contribution in [3.63, 3.8) is 0 Å². The fourth-order valence-electron chi connectivity index (χ4n) is 1.82. The summed E-state index contributed by atoms with van der Waals surface area (Å²) in [7, 11) is 0. The Morgan fingerprint density at radius 2 is 1.70 bits per heavy atom. The van der Waals surface area contributed by atoms with Crippen molar-refractivity contribution in [1.29, 1.82) is 0 Å². The minimum Gasteiger partial charge on any atom is -0.480 e. The summed E-state index contributed by atoms with van der Waals surface area (Å²) in [6, 6.07) is 5.76. The minimum absolute atomic E-state index is 0.179. The SMILES string of the molecule is CC(=O)Nc1ccc(NC(=O)c2cnn(C(C)C(=O)O)c2)cc1. The van der Waals surface area contributed by atoms with Crippen molar-refractivity contribution in [1.82, 2.24) is 9.78 Å². The number of nitrogens with zero attached hydrogens (tertiary/aromatic N) is 2. The van der Waals surface area contributed by atoms with Crippen LogP contribution in [0.4, 0.5) is 11.4 Å². The zero-order valence-corrected chi connectivity index (χ0v) is 12.6. The molecule has 1 aromatic carbocycles. The molecule has 2 rings (SSSR count). The van der Waals surface area contributed by atoms with Crippen LogP contribution < -0.4 is 10.6 Å². The third-order valence-corrected chi connectivity index (χ3v) is 3.08. The van der Waals surface area contributed by atoms with Gasteiger partial charge in [0.25, 0.3) is 5.91 Å². The Morgan fingerprint density at radius 1 is 1.13 bits per heavy atom. The van der Waals surface area contributed by atoms with E-state index in [9.17, 15) is 14.4 Å². The predicted molar refractivity (Wildman–Crippen MR) is 83.3 cm³/mol. The fraction of sp³-hybridized carbons (Fsp3) is 0.200. The monoisotopic (exact) mass is 316 g/mol. The van der Waals surface area contributed by atoms with Crippen LogP contribution in [0.2, 0.25) is 0 Å². The van der Waals surface area contributed by atoms with E-state index in [1.165, 1.54) is 30.9 Å². The van der Waals surface area contributed by atoms with Gasteiger partial charge in [0, 0.05) is 24.5 Å². The standard InChI is InChI=1S/C15H16N4O4/c1-9(15(22)23)19-8-11(7-16-19)14(21)18-13-5-3-12(4-6-13)17-10(2)20/h3-9H,1-2H3,(H,17,20)(H,18,21)(H,22,23). The average molecular weight is 316 g/mol. The molecular weight excluding hydrogens is 300 g/mol. The second-order valence-electron chi connectivity index (χ2n) is 4.94. The number of carboxylic acid groups (broad SMARTS) is 1. The topological polar surface area (TPSA) is 113 Å². The van der Waals surface area contributed by atoms with Crippen LogP contribution in [-0.2, 0) is 9.59 Å². The van der Waals surface area contributed by atoms with Gasteiger partial charge in [-0.15, -0.1) is 0 Å². The van der Waals surface area contributed by atoms with Gasteiger partial charge in [-0.25, -0.2) is 4.79 Å². The first-order valence-electron chi connectivity index (χ1n) is 6.83. The molecule has 23 heavy (non-hydrogen) atoms. The minimum atomic E-state index is -1.03. The summed E-state index contributed by atoms with van der Waals surface area (Å²) in [6.45, 7) is 2.88. The van der Waals surface area contributed by atoms with Crippen LogP contribution in [0, 0.1) is 0 Å². The molecular formula is C15H16N4O4. The van der Waals surface area contributed by atoms with Crippen LogP contribution in [0.3, 0.4) is 0 Å². The zero-order chi connectivity index (χ0) is 17.0. The molecule has 120 valence electrons. The van der Waals surface area contributed by atoms with Gasteiger partial charge < -0.3 is 15.7 Å². The Hall–Kier alpha value is -3.16. The Bertz CT molecular complexity index is 736. The molecule has 0 saturated carbocycles. The van der Waals surface area contributed by atoms with E-state index in [0.717, 1.165) is 0 Å². The lowest BCUT2D eigenvalue weighted by Crippen LogP contribution is -2.16. The highest BCUT2D eigenvalue weighted by Gasteiger charge is 2.16. The van der Waals surface area contributed by atoms with Gasteiger partial charge in [0.05, 0.1) is 11.8 Å².